The zero-order chi connectivity index (χ0) is 29.4. The Labute approximate surface area is 246 Å². The van der Waals surface area contributed by atoms with Crippen LogP contribution in [0.1, 0.15) is 43.2 Å². The number of halogens is 2. The highest BCUT2D eigenvalue weighted by Gasteiger charge is 2.34. The first-order chi connectivity index (χ1) is 19.6. The van der Waals surface area contributed by atoms with E-state index in [0.29, 0.717) is 10.6 Å². The maximum absolute atomic E-state index is 14.1. The van der Waals surface area contributed by atoms with E-state index in [1.54, 1.807) is 24.3 Å². The van der Waals surface area contributed by atoms with Gasteiger partial charge in [0.05, 0.1) is 11.9 Å². The van der Waals surface area contributed by atoms with E-state index in [-0.39, 0.29) is 30.6 Å². The minimum absolute atomic E-state index is 0.00611. The summed E-state index contributed by atoms with van der Waals surface area (Å²) < 4.78 is 40.5. The van der Waals surface area contributed by atoms with Crippen molar-refractivity contribution in [2.45, 2.75) is 57.2 Å². The summed E-state index contributed by atoms with van der Waals surface area (Å²) in [5.74, 6) is -1.55. The van der Waals surface area contributed by atoms with E-state index in [2.05, 4.69) is 5.32 Å². The lowest BCUT2D eigenvalue weighted by Crippen LogP contribution is -2.55. The number of nitrogens with zero attached hydrogens (tertiary/aromatic N) is 2. The zero-order valence-corrected chi connectivity index (χ0v) is 24.6. The van der Waals surface area contributed by atoms with E-state index in [1.165, 1.54) is 23.1 Å². The smallest absolute Gasteiger partial charge is 0.244 e. The topological polar surface area (TPSA) is 86.8 Å². The van der Waals surface area contributed by atoms with Gasteiger partial charge in [-0.3, -0.25) is 13.9 Å². The van der Waals surface area contributed by atoms with Crippen LogP contribution in [0.2, 0.25) is 5.02 Å². The lowest BCUT2D eigenvalue weighted by molar-refractivity contribution is -0.140. The first-order valence-corrected chi connectivity index (χ1v) is 15.9. The van der Waals surface area contributed by atoms with Crippen LogP contribution in [0.3, 0.4) is 0 Å². The molecule has 1 atom stereocenters. The second-order valence-corrected chi connectivity index (χ2v) is 12.7. The number of nitrogens with one attached hydrogen (secondary N) is 1. The summed E-state index contributed by atoms with van der Waals surface area (Å²) in [5, 5.41) is 3.57. The van der Waals surface area contributed by atoms with Crippen molar-refractivity contribution in [1.82, 2.24) is 10.2 Å². The summed E-state index contributed by atoms with van der Waals surface area (Å²) in [6, 6.07) is 20.5. The molecule has 0 aromatic heterocycles. The second-order valence-electron chi connectivity index (χ2n) is 10.4. The van der Waals surface area contributed by atoms with Gasteiger partial charge in [-0.05, 0) is 48.2 Å². The van der Waals surface area contributed by atoms with Gasteiger partial charge in [0.1, 0.15) is 18.4 Å². The third-order valence-corrected chi connectivity index (χ3v) is 8.81. The van der Waals surface area contributed by atoms with E-state index in [9.17, 15) is 22.4 Å². The van der Waals surface area contributed by atoms with E-state index >= 15 is 0 Å². The molecule has 1 fully saturated rings. The molecule has 0 unspecified atom stereocenters. The molecule has 7 nitrogen and oxygen atoms in total. The van der Waals surface area contributed by atoms with Gasteiger partial charge < -0.3 is 10.2 Å². The molecule has 0 spiro atoms. The molecule has 1 aliphatic carbocycles. The maximum Gasteiger partial charge on any atom is 0.244 e. The molecule has 0 heterocycles. The van der Waals surface area contributed by atoms with Crippen LogP contribution >= 0.6 is 11.6 Å². The summed E-state index contributed by atoms with van der Waals surface area (Å²) in [6.07, 6.45) is 6.07. The molecule has 218 valence electrons. The van der Waals surface area contributed by atoms with Crippen molar-refractivity contribution in [2.24, 2.45) is 0 Å². The van der Waals surface area contributed by atoms with Gasteiger partial charge in [-0.15, -0.1) is 0 Å². The van der Waals surface area contributed by atoms with E-state index in [0.717, 1.165) is 54.3 Å². The molecule has 0 bridgehead atoms. The molecule has 3 aromatic carbocycles. The summed E-state index contributed by atoms with van der Waals surface area (Å²) in [4.78, 5) is 29.4. The van der Waals surface area contributed by atoms with E-state index in [1.807, 2.05) is 30.3 Å². The third kappa shape index (κ3) is 8.53. The Morgan fingerprint density at radius 2 is 1.66 bits per heavy atom. The van der Waals surface area contributed by atoms with Crippen molar-refractivity contribution < 1.29 is 22.4 Å². The van der Waals surface area contributed by atoms with Gasteiger partial charge in [0.15, 0.2) is 0 Å². The molecule has 1 aliphatic rings. The Balaban J connectivity index is 1.73. The van der Waals surface area contributed by atoms with Crippen molar-refractivity contribution in [3.8, 4) is 0 Å². The quantitative estimate of drug-likeness (QED) is 0.323. The van der Waals surface area contributed by atoms with Gasteiger partial charge in [0, 0.05) is 24.0 Å². The molecule has 0 radical (unpaired) electrons. The van der Waals surface area contributed by atoms with Crippen LogP contribution in [0.15, 0.2) is 78.9 Å². The zero-order valence-electron chi connectivity index (χ0n) is 23.0. The molecule has 0 aliphatic heterocycles. The number of sulfonamides is 1. The molecule has 10 heteroatoms. The average Bonchev–Trinajstić information content (AvgIpc) is 2.95. The van der Waals surface area contributed by atoms with Crippen LogP contribution < -0.4 is 9.62 Å². The van der Waals surface area contributed by atoms with Crippen molar-refractivity contribution in [1.29, 1.82) is 0 Å². The van der Waals surface area contributed by atoms with Gasteiger partial charge in [0.2, 0.25) is 21.8 Å². The van der Waals surface area contributed by atoms with Gasteiger partial charge in [-0.1, -0.05) is 85.5 Å². The summed E-state index contributed by atoms with van der Waals surface area (Å²) >= 11 is 6.48. The standard InChI is InChI=1S/C31H35ClFN3O4S/c1-41(39,40)36(27-17-10-14-25(33)20-27)22-30(37)35(21-24-13-8-9-18-28(24)32)29(19-23-11-4-2-5-12-23)31(38)34-26-15-6-3-7-16-26/h2,4-5,8-14,17-18,20,26,29H,3,6-7,15-16,19,21-22H2,1H3,(H,34,38)/t29-/m1/s1. The lowest BCUT2D eigenvalue weighted by Gasteiger charge is -2.35. The summed E-state index contributed by atoms with van der Waals surface area (Å²) in [6.45, 7) is -0.635. The number of carbonyl (C=O) groups excluding carboxylic acids is 2. The number of amides is 2. The van der Waals surface area contributed by atoms with Crippen LogP contribution in [0.5, 0.6) is 0 Å². The fraction of sp³-hybridized carbons (Fsp3) is 0.355. The predicted molar refractivity (Wildman–Crippen MR) is 160 cm³/mol. The van der Waals surface area contributed by atoms with Crippen LogP contribution in [-0.4, -0.2) is 50.0 Å². The van der Waals surface area contributed by atoms with E-state index in [4.69, 9.17) is 11.6 Å². The number of benzene rings is 3. The Morgan fingerprint density at radius 1 is 0.976 bits per heavy atom. The van der Waals surface area contributed by atoms with Crippen LogP contribution in [0.25, 0.3) is 0 Å². The van der Waals surface area contributed by atoms with Gasteiger partial charge in [-0.25, -0.2) is 12.8 Å². The number of anilines is 1. The third-order valence-electron chi connectivity index (χ3n) is 7.30. The molecule has 41 heavy (non-hydrogen) atoms. The van der Waals surface area contributed by atoms with Crippen LogP contribution in [-0.2, 0) is 32.6 Å². The molecule has 0 saturated heterocycles. The number of hydrogen-bond acceptors (Lipinski definition) is 4. The van der Waals surface area contributed by atoms with Crippen molar-refractivity contribution in [3.63, 3.8) is 0 Å². The van der Waals surface area contributed by atoms with Crippen molar-refractivity contribution >= 4 is 39.1 Å². The van der Waals surface area contributed by atoms with Gasteiger partial charge in [0.25, 0.3) is 0 Å². The predicted octanol–water partition coefficient (Wildman–Crippen LogP) is 5.33. The second kappa shape index (κ2) is 14.0. The largest absolute Gasteiger partial charge is 0.352 e. The molecular weight excluding hydrogens is 565 g/mol. The fourth-order valence-corrected chi connectivity index (χ4v) is 6.19. The van der Waals surface area contributed by atoms with Crippen LogP contribution in [0.4, 0.5) is 10.1 Å². The van der Waals surface area contributed by atoms with Gasteiger partial charge >= 0.3 is 0 Å². The minimum atomic E-state index is -3.98. The molecule has 4 rings (SSSR count). The highest BCUT2D eigenvalue weighted by molar-refractivity contribution is 7.92. The number of rotatable bonds is 11. The van der Waals surface area contributed by atoms with E-state index < -0.39 is 34.3 Å². The lowest BCUT2D eigenvalue weighted by atomic mass is 9.94. The first-order valence-electron chi connectivity index (χ1n) is 13.7. The minimum Gasteiger partial charge on any atom is -0.352 e. The highest BCUT2D eigenvalue weighted by atomic mass is 35.5. The summed E-state index contributed by atoms with van der Waals surface area (Å²) in [7, 11) is -3.98. The monoisotopic (exact) mass is 599 g/mol. The molecule has 2 amide bonds. The number of hydrogen-bond donors (Lipinski definition) is 1. The molecule has 3 aromatic rings. The summed E-state index contributed by atoms with van der Waals surface area (Å²) in [5.41, 5.74) is 1.48. The Kier molecular flexibility index (Phi) is 10.4. The average molecular weight is 600 g/mol. The fourth-order valence-electron chi connectivity index (χ4n) is 5.15. The number of carbonyl (C=O) groups is 2. The van der Waals surface area contributed by atoms with Crippen LogP contribution in [0, 0.1) is 5.82 Å². The SMILES string of the molecule is CS(=O)(=O)N(CC(=O)N(Cc1ccccc1Cl)[C@H](Cc1ccccc1)C(=O)NC1CCCCC1)c1cccc(F)c1. The van der Waals surface area contributed by atoms with Crippen molar-refractivity contribution in [3.05, 3.63) is 101 Å². The van der Waals surface area contributed by atoms with Gasteiger partial charge in [-0.2, -0.15) is 0 Å². The first kappa shape index (κ1) is 30.5. The normalized spacial score (nSPS) is 14.7. The molecular formula is C31H35ClFN3O4S. The highest BCUT2D eigenvalue weighted by Crippen LogP contribution is 2.24. The maximum atomic E-state index is 14.1. The Hall–Kier alpha value is -3.43. The van der Waals surface area contributed by atoms with Crippen molar-refractivity contribution in [2.75, 3.05) is 17.1 Å². The molecule has 1 N–H and O–H groups in total. The molecule has 1 saturated carbocycles. The Bertz CT molecular complexity index is 1450. The Morgan fingerprint density at radius 3 is 2.32 bits per heavy atom.